The second-order valence-corrected chi connectivity index (χ2v) is 5.50. The highest BCUT2D eigenvalue weighted by Crippen LogP contribution is 2.07. The summed E-state index contributed by atoms with van der Waals surface area (Å²) in [5, 5.41) is 10.9. The van der Waals surface area contributed by atoms with Crippen LogP contribution in [0.3, 0.4) is 0 Å². The molecule has 2 aromatic carbocycles. The number of hydrogen-bond donors (Lipinski definition) is 2. The maximum absolute atomic E-state index is 13.2. The Labute approximate surface area is 146 Å². The number of aliphatic imine (C=N–C) groups is 1. The van der Waals surface area contributed by atoms with Gasteiger partial charge in [-0.3, -0.25) is 4.99 Å². The van der Waals surface area contributed by atoms with Crippen molar-refractivity contribution in [1.82, 2.24) is 20.4 Å². The van der Waals surface area contributed by atoms with Crippen LogP contribution in [0.4, 0.5) is 4.39 Å². The average Bonchev–Trinajstić information content (AvgIpc) is 3.12. The molecule has 0 radical (unpaired) electrons. The number of rotatable bonds is 5. The molecule has 2 N–H and O–H groups in total. The molecule has 3 rings (SSSR count). The number of nitrogens with zero attached hydrogens (tertiary/aromatic N) is 3. The highest BCUT2D eigenvalue weighted by molar-refractivity contribution is 5.79. The molecule has 0 atom stereocenters. The highest BCUT2D eigenvalue weighted by atomic mass is 19.1. The van der Waals surface area contributed by atoms with Gasteiger partial charge in [0.1, 0.15) is 5.82 Å². The molecule has 1 heterocycles. The van der Waals surface area contributed by atoms with Gasteiger partial charge in [-0.05, 0) is 35.9 Å². The van der Waals surface area contributed by atoms with Gasteiger partial charge in [0.15, 0.2) is 5.96 Å². The van der Waals surface area contributed by atoms with Crippen molar-refractivity contribution < 1.29 is 4.39 Å². The van der Waals surface area contributed by atoms with Crippen LogP contribution in [0.25, 0.3) is 5.69 Å². The van der Waals surface area contributed by atoms with Crippen LogP contribution >= 0.6 is 0 Å². The second-order valence-electron chi connectivity index (χ2n) is 5.50. The Kier molecular flexibility index (Phi) is 5.41. The Bertz CT molecular complexity index is 842. The fourth-order valence-corrected chi connectivity index (χ4v) is 2.41. The zero-order chi connectivity index (χ0) is 17.5. The summed E-state index contributed by atoms with van der Waals surface area (Å²) < 4.78 is 15.0. The standard InChI is InChI=1S/C19H20FN5/c1-21-19(22-13-15-6-5-7-16(20)12-15)23-14-17-10-11-25(24-17)18-8-3-2-4-9-18/h2-12H,13-14H2,1H3,(H2,21,22,23). The number of guanidine groups is 1. The molecule has 0 unspecified atom stereocenters. The second kappa shape index (κ2) is 8.10. The van der Waals surface area contributed by atoms with E-state index in [1.54, 1.807) is 13.1 Å². The van der Waals surface area contributed by atoms with Gasteiger partial charge in [0, 0.05) is 19.8 Å². The highest BCUT2D eigenvalue weighted by Gasteiger charge is 2.03. The summed E-state index contributed by atoms with van der Waals surface area (Å²) in [6.45, 7) is 1.04. The third-order valence-electron chi connectivity index (χ3n) is 3.67. The molecular weight excluding hydrogens is 317 g/mol. The van der Waals surface area contributed by atoms with Crippen LogP contribution in [0.5, 0.6) is 0 Å². The summed E-state index contributed by atoms with van der Waals surface area (Å²) in [6, 6.07) is 18.4. The Morgan fingerprint density at radius 3 is 2.60 bits per heavy atom. The zero-order valence-electron chi connectivity index (χ0n) is 14.0. The van der Waals surface area contributed by atoms with Gasteiger partial charge < -0.3 is 10.6 Å². The molecule has 0 fully saturated rings. The molecule has 128 valence electrons. The van der Waals surface area contributed by atoms with Crippen LogP contribution < -0.4 is 10.6 Å². The predicted octanol–water partition coefficient (Wildman–Crippen LogP) is 2.88. The van der Waals surface area contributed by atoms with Gasteiger partial charge in [0.2, 0.25) is 0 Å². The predicted molar refractivity (Wildman–Crippen MR) is 97.0 cm³/mol. The van der Waals surface area contributed by atoms with E-state index in [9.17, 15) is 4.39 Å². The molecule has 0 saturated carbocycles. The molecule has 3 aromatic rings. The molecule has 0 spiro atoms. The number of benzene rings is 2. The molecule has 25 heavy (non-hydrogen) atoms. The van der Waals surface area contributed by atoms with Crippen molar-refractivity contribution in [3.05, 3.63) is 83.9 Å². The zero-order valence-corrected chi connectivity index (χ0v) is 14.0. The first-order valence-corrected chi connectivity index (χ1v) is 8.03. The molecule has 1 aromatic heterocycles. The Balaban J connectivity index is 1.54. The molecule has 6 heteroatoms. The lowest BCUT2D eigenvalue weighted by Gasteiger charge is -2.11. The van der Waals surface area contributed by atoms with Gasteiger partial charge in [0.25, 0.3) is 0 Å². The maximum atomic E-state index is 13.2. The molecule has 0 aliphatic carbocycles. The van der Waals surface area contributed by atoms with Gasteiger partial charge in [-0.2, -0.15) is 5.10 Å². The van der Waals surface area contributed by atoms with Crippen molar-refractivity contribution in [2.24, 2.45) is 4.99 Å². The summed E-state index contributed by atoms with van der Waals surface area (Å²) in [5.74, 6) is 0.396. The SMILES string of the molecule is CN=C(NCc1cccc(F)c1)NCc1ccn(-c2ccccc2)n1. The van der Waals surface area contributed by atoms with Crippen molar-refractivity contribution in [3.8, 4) is 5.69 Å². The minimum absolute atomic E-state index is 0.242. The lowest BCUT2D eigenvalue weighted by Crippen LogP contribution is -2.36. The molecule has 0 bridgehead atoms. The largest absolute Gasteiger partial charge is 0.352 e. The number of nitrogens with one attached hydrogen (secondary N) is 2. The quantitative estimate of drug-likeness (QED) is 0.556. The van der Waals surface area contributed by atoms with E-state index in [1.807, 2.05) is 53.3 Å². The minimum Gasteiger partial charge on any atom is -0.352 e. The van der Waals surface area contributed by atoms with Gasteiger partial charge >= 0.3 is 0 Å². The first kappa shape index (κ1) is 16.7. The van der Waals surface area contributed by atoms with Crippen LogP contribution in [0.2, 0.25) is 0 Å². The van der Waals surface area contributed by atoms with Crippen LogP contribution in [-0.2, 0) is 13.1 Å². The van der Waals surface area contributed by atoms with E-state index >= 15 is 0 Å². The van der Waals surface area contributed by atoms with Crippen LogP contribution in [0.15, 0.2) is 71.9 Å². The van der Waals surface area contributed by atoms with Crippen LogP contribution in [0.1, 0.15) is 11.3 Å². The third kappa shape index (κ3) is 4.67. The molecule has 0 saturated heterocycles. The summed E-state index contributed by atoms with van der Waals surface area (Å²) in [5.41, 5.74) is 2.77. The van der Waals surface area contributed by atoms with Crippen molar-refractivity contribution in [3.63, 3.8) is 0 Å². The Morgan fingerprint density at radius 2 is 1.84 bits per heavy atom. The molecular formula is C19H20FN5. The van der Waals surface area contributed by atoms with Crippen molar-refractivity contribution in [2.45, 2.75) is 13.1 Å². The summed E-state index contributed by atoms with van der Waals surface area (Å²) in [4.78, 5) is 4.17. The number of aromatic nitrogens is 2. The number of halogens is 1. The van der Waals surface area contributed by atoms with E-state index in [1.165, 1.54) is 12.1 Å². The molecule has 0 aliphatic rings. The topological polar surface area (TPSA) is 54.2 Å². The van der Waals surface area contributed by atoms with E-state index in [-0.39, 0.29) is 5.82 Å². The summed E-state index contributed by atoms with van der Waals surface area (Å²) in [7, 11) is 1.70. The minimum atomic E-state index is -0.242. The monoisotopic (exact) mass is 337 g/mol. The first-order valence-electron chi connectivity index (χ1n) is 8.03. The first-order chi connectivity index (χ1) is 12.2. The van der Waals surface area contributed by atoms with E-state index in [0.29, 0.717) is 19.0 Å². The molecule has 0 amide bonds. The normalized spacial score (nSPS) is 11.4. The van der Waals surface area contributed by atoms with Crippen LogP contribution in [-0.4, -0.2) is 22.8 Å². The summed E-state index contributed by atoms with van der Waals surface area (Å²) >= 11 is 0. The fourth-order valence-electron chi connectivity index (χ4n) is 2.41. The van der Waals surface area contributed by atoms with Gasteiger partial charge in [0.05, 0.1) is 17.9 Å². The summed E-state index contributed by atoms with van der Waals surface area (Å²) in [6.07, 6.45) is 1.93. The van der Waals surface area contributed by atoms with Crippen LogP contribution in [0, 0.1) is 5.82 Å². The Hall–Kier alpha value is -3.15. The van der Waals surface area contributed by atoms with Gasteiger partial charge in [-0.1, -0.05) is 30.3 Å². The van der Waals surface area contributed by atoms with Crippen molar-refractivity contribution in [2.75, 3.05) is 7.05 Å². The van der Waals surface area contributed by atoms with Gasteiger partial charge in [-0.15, -0.1) is 0 Å². The smallest absolute Gasteiger partial charge is 0.191 e. The van der Waals surface area contributed by atoms with E-state index in [0.717, 1.165) is 16.9 Å². The molecule has 0 aliphatic heterocycles. The fraction of sp³-hybridized carbons (Fsp3) is 0.158. The van der Waals surface area contributed by atoms with E-state index in [4.69, 9.17) is 0 Å². The molecule has 5 nitrogen and oxygen atoms in total. The maximum Gasteiger partial charge on any atom is 0.191 e. The lowest BCUT2D eigenvalue weighted by atomic mass is 10.2. The van der Waals surface area contributed by atoms with Gasteiger partial charge in [-0.25, -0.2) is 9.07 Å². The average molecular weight is 337 g/mol. The Morgan fingerprint density at radius 1 is 1.04 bits per heavy atom. The van der Waals surface area contributed by atoms with Crippen molar-refractivity contribution >= 4 is 5.96 Å². The third-order valence-corrected chi connectivity index (χ3v) is 3.67. The number of hydrogen-bond acceptors (Lipinski definition) is 2. The van der Waals surface area contributed by atoms with E-state index in [2.05, 4.69) is 20.7 Å². The van der Waals surface area contributed by atoms with E-state index < -0.39 is 0 Å². The number of para-hydroxylation sites is 1. The van der Waals surface area contributed by atoms with Crippen molar-refractivity contribution in [1.29, 1.82) is 0 Å². The lowest BCUT2D eigenvalue weighted by molar-refractivity contribution is 0.624.